The zero-order valence-electron chi connectivity index (χ0n) is 10.4. The Hall–Kier alpha value is -1.61. The lowest BCUT2D eigenvalue weighted by molar-refractivity contribution is 0.369. The summed E-state index contributed by atoms with van der Waals surface area (Å²) < 4.78 is 6.80. The van der Waals surface area contributed by atoms with Crippen LogP contribution >= 0.6 is 11.8 Å². The summed E-state index contributed by atoms with van der Waals surface area (Å²) in [6, 6.07) is 0. The fourth-order valence-electron chi connectivity index (χ4n) is 1.15. The summed E-state index contributed by atoms with van der Waals surface area (Å²) in [6.07, 6.45) is 0. The Morgan fingerprint density at radius 1 is 1.39 bits per heavy atom. The number of nitrogens with two attached hydrogens (primary N) is 2. The summed E-state index contributed by atoms with van der Waals surface area (Å²) in [4.78, 5) is 4.22. The molecule has 0 aromatic carbocycles. The number of hydrogen-bond acceptors (Lipinski definition) is 8. The van der Waals surface area contributed by atoms with E-state index in [1.54, 1.807) is 11.6 Å². The zero-order chi connectivity index (χ0) is 13.3. The highest BCUT2D eigenvalue weighted by molar-refractivity contribution is 7.98. The molecule has 2 rings (SSSR count). The van der Waals surface area contributed by atoms with Crippen LogP contribution in [0.15, 0.2) is 9.68 Å². The topological polar surface area (TPSA) is 122 Å². The molecule has 0 aliphatic carbocycles. The van der Waals surface area contributed by atoms with Crippen LogP contribution in [-0.4, -0.2) is 24.9 Å². The van der Waals surface area contributed by atoms with Crippen molar-refractivity contribution in [1.82, 2.24) is 24.9 Å². The normalized spacial score (nSPS) is 12.0. The molecule has 18 heavy (non-hydrogen) atoms. The average molecular weight is 269 g/mol. The third kappa shape index (κ3) is 2.62. The van der Waals surface area contributed by atoms with Crippen LogP contribution in [0.1, 0.15) is 25.6 Å². The maximum atomic E-state index is 5.87. The SMILES string of the molecule is Cn1c(N)nnc1SCc1nc(C(C)(C)N)no1. The van der Waals surface area contributed by atoms with Gasteiger partial charge in [-0.05, 0) is 13.8 Å². The fourth-order valence-corrected chi connectivity index (χ4v) is 1.91. The van der Waals surface area contributed by atoms with Crippen LogP contribution in [0.2, 0.25) is 0 Å². The highest BCUT2D eigenvalue weighted by Gasteiger charge is 2.21. The Kier molecular flexibility index (Phi) is 3.26. The minimum absolute atomic E-state index is 0.367. The molecule has 0 aliphatic heterocycles. The van der Waals surface area contributed by atoms with Gasteiger partial charge in [0.2, 0.25) is 11.8 Å². The Balaban J connectivity index is 2.03. The van der Waals surface area contributed by atoms with Gasteiger partial charge >= 0.3 is 0 Å². The van der Waals surface area contributed by atoms with Crippen LogP contribution in [0.25, 0.3) is 0 Å². The molecule has 0 saturated heterocycles. The molecule has 0 unspecified atom stereocenters. The van der Waals surface area contributed by atoms with E-state index in [-0.39, 0.29) is 0 Å². The molecular formula is C9H15N7OS. The van der Waals surface area contributed by atoms with Crippen molar-refractivity contribution in [2.75, 3.05) is 5.73 Å². The van der Waals surface area contributed by atoms with Crippen LogP contribution < -0.4 is 11.5 Å². The number of nitrogens with zero attached hydrogens (tertiary/aromatic N) is 5. The Morgan fingerprint density at radius 3 is 2.61 bits per heavy atom. The number of aromatic nitrogens is 5. The molecule has 0 aliphatic rings. The van der Waals surface area contributed by atoms with Crippen molar-refractivity contribution >= 4 is 17.7 Å². The van der Waals surface area contributed by atoms with E-state index in [1.807, 2.05) is 13.8 Å². The molecule has 0 radical (unpaired) electrons. The minimum Gasteiger partial charge on any atom is -0.368 e. The lowest BCUT2D eigenvalue weighted by Crippen LogP contribution is -2.30. The number of rotatable bonds is 4. The van der Waals surface area contributed by atoms with Crippen molar-refractivity contribution in [2.24, 2.45) is 12.8 Å². The van der Waals surface area contributed by atoms with E-state index in [0.717, 1.165) is 0 Å². The number of nitrogen functional groups attached to an aromatic ring is 1. The second-order valence-electron chi connectivity index (χ2n) is 4.42. The monoisotopic (exact) mass is 269 g/mol. The molecule has 0 amide bonds. The first-order valence-corrected chi connectivity index (χ1v) is 6.26. The van der Waals surface area contributed by atoms with Crippen molar-refractivity contribution in [3.05, 3.63) is 11.7 Å². The maximum Gasteiger partial charge on any atom is 0.237 e. The van der Waals surface area contributed by atoms with E-state index >= 15 is 0 Å². The molecule has 2 heterocycles. The largest absolute Gasteiger partial charge is 0.368 e. The standard InChI is InChI=1S/C9H15N7OS/c1-9(2,11)6-12-5(17-15-6)4-18-8-14-13-7(10)16(8)3/h4,11H2,1-3H3,(H2,10,13). The van der Waals surface area contributed by atoms with Crippen molar-refractivity contribution in [1.29, 1.82) is 0 Å². The van der Waals surface area contributed by atoms with Crippen molar-refractivity contribution < 1.29 is 4.52 Å². The molecule has 8 nitrogen and oxygen atoms in total. The predicted molar refractivity (Wildman–Crippen MR) is 66.5 cm³/mol. The van der Waals surface area contributed by atoms with E-state index < -0.39 is 5.54 Å². The molecule has 0 fully saturated rings. The van der Waals surface area contributed by atoms with Crippen molar-refractivity contribution in [3.63, 3.8) is 0 Å². The highest BCUT2D eigenvalue weighted by Crippen LogP contribution is 2.22. The molecule has 0 saturated carbocycles. The summed E-state index contributed by atoms with van der Waals surface area (Å²) >= 11 is 1.42. The first kappa shape index (κ1) is 12.8. The molecule has 2 aromatic rings. The second kappa shape index (κ2) is 4.58. The van der Waals surface area contributed by atoms with E-state index in [2.05, 4.69) is 20.3 Å². The molecule has 0 bridgehead atoms. The quantitative estimate of drug-likeness (QED) is 0.758. The Bertz CT molecular complexity index is 541. The lowest BCUT2D eigenvalue weighted by Gasteiger charge is -2.11. The van der Waals surface area contributed by atoms with E-state index in [1.165, 1.54) is 11.8 Å². The fraction of sp³-hybridized carbons (Fsp3) is 0.556. The van der Waals surface area contributed by atoms with Gasteiger partial charge in [-0.25, -0.2) is 0 Å². The van der Waals surface area contributed by atoms with Gasteiger partial charge in [0.25, 0.3) is 0 Å². The van der Waals surface area contributed by atoms with Crippen LogP contribution in [0.3, 0.4) is 0 Å². The van der Waals surface area contributed by atoms with Gasteiger partial charge in [-0.2, -0.15) is 4.98 Å². The van der Waals surface area contributed by atoms with Gasteiger partial charge in [0, 0.05) is 7.05 Å². The molecule has 2 aromatic heterocycles. The van der Waals surface area contributed by atoms with Crippen molar-refractivity contribution in [3.8, 4) is 0 Å². The molecule has 9 heteroatoms. The average Bonchev–Trinajstić information content (AvgIpc) is 2.86. The first-order chi connectivity index (χ1) is 8.38. The van der Waals surface area contributed by atoms with Gasteiger partial charge in [-0.15, -0.1) is 10.2 Å². The summed E-state index contributed by atoms with van der Waals surface area (Å²) in [5.74, 6) is 1.84. The number of hydrogen-bond donors (Lipinski definition) is 2. The van der Waals surface area contributed by atoms with Crippen LogP contribution in [0, 0.1) is 0 Å². The van der Waals surface area contributed by atoms with Gasteiger partial charge in [0.15, 0.2) is 11.0 Å². The Morgan fingerprint density at radius 2 is 2.11 bits per heavy atom. The third-order valence-electron chi connectivity index (χ3n) is 2.24. The predicted octanol–water partition coefficient (Wildman–Crippen LogP) is 0.266. The van der Waals surface area contributed by atoms with Gasteiger partial charge in [0.05, 0.1) is 11.3 Å². The van der Waals surface area contributed by atoms with Crippen molar-refractivity contribution in [2.45, 2.75) is 30.3 Å². The second-order valence-corrected chi connectivity index (χ2v) is 5.36. The smallest absolute Gasteiger partial charge is 0.237 e. The van der Waals surface area contributed by atoms with Gasteiger partial charge < -0.3 is 16.0 Å². The maximum absolute atomic E-state index is 5.87. The van der Waals surface area contributed by atoms with Gasteiger partial charge in [-0.3, -0.25) is 4.57 Å². The highest BCUT2D eigenvalue weighted by atomic mass is 32.2. The minimum atomic E-state index is -0.610. The van der Waals surface area contributed by atoms with Gasteiger partial charge in [0.1, 0.15) is 0 Å². The number of anilines is 1. The first-order valence-electron chi connectivity index (χ1n) is 5.27. The van der Waals surface area contributed by atoms with E-state index in [9.17, 15) is 0 Å². The Labute approximate surface area is 108 Å². The van der Waals surface area contributed by atoms with E-state index in [4.69, 9.17) is 16.0 Å². The molecule has 0 spiro atoms. The molecule has 4 N–H and O–H groups in total. The molecular weight excluding hydrogens is 254 g/mol. The number of thioether (sulfide) groups is 1. The summed E-state index contributed by atoms with van der Waals surface area (Å²) in [6.45, 7) is 3.64. The van der Waals surface area contributed by atoms with Crippen LogP contribution in [0.5, 0.6) is 0 Å². The van der Waals surface area contributed by atoms with Crippen LogP contribution in [0.4, 0.5) is 5.95 Å². The third-order valence-corrected chi connectivity index (χ3v) is 3.24. The summed E-state index contributed by atoms with van der Waals surface area (Å²) in [5.41, 5.74) is 10.8. The van der Waals surface area contributed by atoms with E-state index in [0.29, 0.717) is 28.6 Å². The summed E-state index contributed by atoms with van der Waals surface area (Å²) in [7, 11) is 1.79. The summed E-state index contributed by atoms with van der Waals surface area (Å²) in [5, 5.41) is 12.2. The zero-order valence-corrected chi connectivity index (χ0v) is 11.2. The molecule has 0 atom stereocenters. The molecule has 98 valence electrons. The lowest BCUT2D eigenvalue weighted by atomic mass is 10.1. The van der Waals surface area contributed by atoms with Gasteiger partial charge in [-0.1, -0.05) is 16.9 Å². The van der Waals surface area contributed by atoms with Crippen LogP contribution in [-0.2, 0) is 18.3 Å².